The predicted molar refractivity (Wildman–Crippen MR) is 123 cm³/mol. The van der Waals surface area contributed by atoms with Gasteiger partial charge in [-0.25, -0.2) is 0 Å². The van der Waals surface area contributed by atoms with Crippen LogP contribution in [-0.2, 0) is 19.5 Å². The van der Waals surface area contributed by atoms with Gasteiger partial charge in [0.15, 0.2) is 5.43 Å². The van der Waals surface area contributed by atoms with Crippen LogP contribution in [-0.4, -0.2) is 11.4 Å². The molecule has 0 unspecified atom stereocenters. The average molecular weight is 398 g/mol. The molecule has 4 rings (SSSR count). The highest BCUT2D eigenvalue weighted by Crippen LogP contribution is 2.15. The van der Waals surface area contributed by atoms with Gasteiger partial charge in [-0.3, -0.25) is 9.69 Å². The first-order valence-corrected chi connectivity index (χ1v) is 10.5. The number of nitrogens with zero attached hydrogens (tertiary/aromatic N) is 1. The van der Waals surface area contributed by atoms with Gasteiger partial charge in [-0.15, -0.1) is 0 Å². The standard InChI is InChI=1S/C27H27NO2/c1-21-13-15-23(16-14-21)18-28(17-7-10-22-8-3-2-4-9-22)19-24-20-30-26-12-6-5-11-25(26)27(24)29/h2-6,8-9,11-16,20H,7,10,17-19H2,1H3. The van der Waals surface area contributed by atoms with Crippen LogP contribution in [0.15, 0.2) is 94.3 Å². The molecule has 3 aromatic carbocycles. The summed E-state index contributed by atoms with van der Waals surface area (Å²) in [5, 5.41) is 0.648. The van der Waals surface area contributed by atoms with Crippen LogP contribution in [0.1, 0.15) is 28.7 Å². The number of aryl methyl sites for hydroxylation is 2. The number of hydrogen-bond donors (Lipinski definition) is 0. The molecule has 1 heterocycles. The summed E-state index contributed by atoms with van der Waals surface area (Å²) in [6.45, 7) is 4.40. The average Bonchev–Trinajstić information content (AvgIpc) is 2.78. The van der Waals surface area contributed by atoms with Gasteiger partial charge in [-0.2, -0.15) is 0 Å². The van der Waals surface area contributed by atoms with Crippen molar-refractivity contribution in [1.82, 2.24) is 4.90 Å². The van der Waals surface area contributed by atoms with E-state index in [0.29, 0.717) is 23.1 Å². The molecule has 0 amide bonds. The van der Waals surface area contributed by atoms with Gasteiger partial charge in [0.25, 0.3) is 0 Å². The maximum Gasteiger partial charge on any atom is 0.197 e. The van der Waals surface area contributed by atoms with Crippen molar-refractivity contribution in [2.24, 2.45) is 0 Å². The smallest absolute Gasteiger partial charge is 0.197 e. The summed E-state index contributed by atoms with van der Waals surface area (Å²) < 4.78 is 5.74. The summed E-state index contributed by atoms with van der Waals surface area (Å²) in [5.41, 5.74) is 5.27. The van der Waals surface area contributed by atoms with Crippen molar-refractivity contribution < 1.29 is 4.42 Å². The molecule has 3 heteroatoms. The Morgan fingerprint density at radius 3 is 2.33 bits per heavy atom. The Bertz CT molecular complexity index is 1150. The van der Waals surface area contributed by atoms with E-state index in [2.05, 4.69) is 60.4 Å². The van der Waals surface area contributed by atoms with E-state index in [1.54, 1.807) is 6.26 Å². The predicted octanol–water partition coefficient (Wildman–Crippen LogP) is 5.74. The Kier molecular flexibility index (Phi) is 6.41. The summed E-state index contributed by atoms with van der Waals surface area (Å²) in [5.74, 6) is 0. The van der Waals surface area contributed by atoms with Crippen LogP contribution in [0.3, 0.4) is 0 Å². The lowest BCUT2D eigenvalue weighted by Gasteiger charge is -2.22. The summed E-state index contributed by atoms with van der Waals surface area (Å²) in [6, 6.07) is 26.6. The van der Waals surface area contributed by atoms with Crippen molar-refractivity contribution in [3.63, 3.8) is 0 Å². The van der Waals surface area contributed by atoms with E-state index in [9.17, 15) is 4.79 Å². The maximum absolute atomic E-state index is 13.0. The topological polar surface area (TPSA) is 33.5 Å². The molecule has 30 heavy (non-hydrogen) atoms. The molecule has 0 saturated heterocycles. The van der Waals surface area contributed by atoms with Gasteiger partial charge >= 0.3 is 0 Å². The van der Waals surface area contributed by atoms with Crippen LogP contribution >= 0.6 is 0 Å². The molecule has 0 aliphatic carbocycles. The van der Waals surface area contributed by atoms with Crippen LogP contribution in [0.2, 0.25) is 0 Å². The third kappa shape index (κ3) is 5.05. The monoisotopic (exact) mass is 397 g/mol. The molecule has 0 spiro atoms. The second-order valence-corrected chi connectivity index (χ2v) is 7.87. The van der Waals surface area contributed by atoms with E-state index < -0.39 is 0 Å². The number of para-hydroxylation sites is 1. The fraction of sp³-hybridized carbons (Fsp3) is 0.222. The van der Waals surface area contributed by atoms with E-state index in [4.69, 9.17) is 4.42 Å². The second kappa shape index (κ2) is 9.55. The van der Waals surface area contributed by atoms with Gasteiger partial charge in [0.2, 0.25) is 0 Å². The van der Waals surface area contributed by atoms with Gasteiger partial charge in [0.1, 0.15) is 5.58 Å². The van der Waals surface area contributed by atoms with E-state index in [-0.39, 0.29) is 5.43 Å². The molecule has 0 N–H and O–H groups in total. The first-order chi connectivity index (χ1) is 14.7. The van der Waals surface area contributed by atoms with E-state index in [1.165, 1.54) is 16.7 Å². The Labute approximate surface area is 177 Å². The van der Waals surface area contributed by atoms with Crippen molar-refractivity contribution in [3.05, 3.63) is 118 Å². The first-order valence-electron chi connectivity index (χ1n) is 10.5. The molecule has 3 nitrogen and oxygen atoms in total. The van der Waals surface area contributed by atoms with E-state index >= 15 is 0 Å². The lowest BCUT2D eigenvalue weighted by atomic mass is 10.1. The molecule has 0 aliphatic heterocycles. The summed E-state index contributed by atoms with van der Waals surface area (Å²) >= 11 is 0. The van der Waals surface area contributed by atoms with Crippen molar-refractivity contribution in [3.8, 4) is 0 Å². The minimum Gasteiger partial charge on any atom is -0.464 e. The molecular weight excluding hydrogens is 370 g/mol. The maximum atomic E-state index is 13.0. The molecule has 0 bridgehead atoms. The number of benzene rings is 3. The van der Waals surface area contributed by atoms with Gasteiger partial charge in [0.05, 0.1) is 11.6 Å². The quantitative estimate of drug-likeness (QED) is 0.380. The molecule has 1 aromatic heterocycles. The molecule has 0 atom stereocenters. The van der Waals surface area contributed by atoms with Crippen molar-refractivity contribution in [2.75, 3.05) is 6.54 Å². The molecular formula is C27H27NO2. The number of hydrogen-bond acceptors (Lipinski definition) is 3. The zero-order chi connectivity index (χ0) is 20.8. The zero-order valence-electron chi connectivity index (χ0n) is 17.4. The van der Waals surface area contributed by atoms with Crippen LogP contribution in [0, 0.1) is 6.92 Å². The molecule has 0 saturated carbocycles. The first kappa shape index (κ1) is 20.1. The Morgan fingerprint density at radius 2 is 1.53 bits per heavy atom. The summed E-state index contributed by atoms with van der Waals surface area (Å²) in [6.07, 6.45) is 3.69. The van der Waals surface area contributed by atoms with E-state index in [1.807, 2.05) is 30.3 Å². The fourth-order valence-electron chi connectivity index (χ4n) is 3.79. The van der Waals surface area contributed by atoms with E-state index in [0.717, 1.165) is 25.9 Å². The highest BCUT2D eigenvalue weighted by molar-refractivity contribution is 5.76. The summed E-state index contributed by atoms with van der Waals surface area (Å²) in [4.78, 5) is 15.3. The SMILES string of the molecule is Cc1ccc(CN(CCCc2ccccc2)Cc2coc3ccccc3c2=O)cc1. The van der Waals surface area contributed by atoms with Crippen molar-refractivity contribution in [1.29, 1.82) is 0 Å². The highest BCUT2D eigenvalue weighted by atomic mass is 16.3. The fourth-order valence-corrected chi connectivity index (χ4v) is 3.79. The minimum absolute atomic E-state index is 0.0637. The number of fused-ring (bicyclic) bond motifs is 1. The Morgan fingerprint density at radius 1 is 0.800 bits per heavy atom. The highest BCUT2D eigenvalue weighted by Gasteiger charge is 2.12. The lowest BCUT2D eigenvalue weighted by Crippen LogP contribution is -2.27. The molecule has 0 radical (unpaired) electrons. The normalized spacial score (nSPS) is 11.3. The summed E-state index contributed by atoms with van der Waals surface area (Å²) in [7, 11) is 0. The van der Waals surface area contributed by atoms with Crippen molar-refractivity contribution >= 4 is 11.0 Å². The van der Waals surface area contributed by atoms with Gasteiger partial charge in [-0.1, -0.05) is 72.3 Å². The Balaban J connectivity index is 1.52. The van der Waals surface area contributed by atoms with Gasteiger partial charge in [0, 0.05) is 18.7 Å². The largest absolute Gasteiger partial charge is 0.464 e. The lowest BCUT2D eigenvalue weighted by molar-refractivity contribution is 0.251. The van der Waals surface area contributed by atoms with Gasteiger partial charge < -0.3 is 4.42 Å². The Hall–Kier alpha value is -3.17. The molecule has 4 aromatic rings. The third-order valence-electron chi connectivity index (χ3n) is 5.45. The zero-order valence-corrected chi connectivity index (χ0v) is 17.4. The second-order valence-electron chi connectivity index (χ2n) is 7.87. The third-order valence-corrected chi connectivity index (χ3v) is 5.45. The van der Waals surface area contributed by atoms with Crippen molar-refractivity contribution in [2.45, 2.75) is 32.9 Å². The van der Waals surface area contributed by atoms with Gasteiger partial charge in [-0.05, 0) is 49.6 Å². The van der Waals surface area contributed by atoms with Crippen LogP contribution in [0.4, 0.5) is 0 Å². The van der Waals surface area contributed by atoms with Crippen LogP contribution < -0.4 is 5.43 Å². The number of rotatable bonds is 8. The molecule has 0 fully saturated rings. The van der Waals surface area contributed by atoms with Crippen LogP contribution in [0.25, 0.3) is 11.0 Å². The minimum atomic E-state index is 0.0637. The molecule has 0 aliphatic rings. The molecule has 152 valence electrons. The van der Waals surface area contributed by atoms with Crippen LogP contribution in [0.5, 0.6) is 0 Å².